The number of aromatic amines is 1. The van der Waals surface area contributed by atoms with Gasteiger partial charge in [-0.3, -0.25) is 9.78 Å². The molecule has 6 rings (SSSR count). The van der Waals surface area contributed by atoms with E-state index in [0.717, 1.165) is 64.4 Å². The zero-order valence-electron chi connectivity index (χ0n) is 15.8. The second-order valence-corrected chi connectivity index (χ2v) is 7.94. The van der Waals surface area contributed by atoms with E-state index in [1.54, 1.807) is 6.20 Å². The van der Waals surface area contributed by atoms with Crippen LogP contribution in [0.4, 0.5) is 0 Å². The molecule has 3 N–H and O–H groups in total. The Labute approximate surface area is 167 Å². The molecule has 3 aromatic heterocycles. The average molecular weight is 384 g/mol. The van der Waals surface area contributed by atoms with Crippen LogP contribution in [0, 0.1) is 0 Å². The number of benzene rings is 1. The van der Waals surface area contributed by atoms with E-state index < -0.39 is 0 Å². The molecule has 29 heavy (non-hydrogen) atoms. The van der Waals surface area contributed by atoms with Crippen LogP contribution in [0.25, 0.3) is 33.7 Å². The number of nitrogens with one attached hydrogen (secondary N) is 3. The summed E-state index contributed by atoms with van der Waals surface area (Å²) in [4.78, 5) is 20.5. The number of hydrogen-bond acceptors (Lipinski definition) is 4. The Hall–Kier alpha value is -3.38. The van der Waals surface area contributed by atoms with Crippen LogP contribution in [0.1, 0.15) is 22.5 Å². The highest BCUT2D eigenvalue weighted by Gasteiger charge is 2.43. The van der Waals surface area contributed by atoms with Crippen LogP contribution in [0.5, 0.6) is 0 Å². The first-order valence-electron chi connectivity index (χ1n) is 9.90. The second-order valence-electron chi connectivity index (χ2n) is 7.94. The van der Waals surface area contributed by atoms with Crippen molar-refractivity contribution in [2.75, 3.05) is 19.6 Å². The number of carbonyl (C=O) groups excluding carboxylic acids is 1. The fraction of sp³-hybridized carbons (Fsp3) is 0.217. The number of furan rings is 1. The second kappa shape index (κ2) is 6.06. The molecule has 0 bridgehead atoms. The summed E-state index contributed by atoms with van der Waals surface area (Å²) in [5, 5.41) is 7.55. The normalized spacial score (nSPS) is 20.9. The Morgan fingerprint density at radius 1 is 1.07 bits per heavy atom. The largest absolute Gasteiger partial charge is 0.454 e. The third-order valence-corrected chi connectivity index (χ3v) is 6.17. The molecule has 0 aliphatic carbocycles. The summed E-state index contributed by atoms with van der Waals surface area (Å²) < 4.78 is 5.97. The smallest absolute Gasteiger partial charge is 0.253 e. The van der Waals surface area contributed by atoms with Crippen LogP contribution in [-0.2, 0) is 5.41 Å². The number of para-hydroxylation sites is 1. The highest BCUT2D eigenvalue weighted by molar-refractivity contribution is 5.98. The van der Waals surface area contributed by atoms with Gasteiger partial charge in [-0.1, -0.05) is 18.2 Å². The van der Waals surface area contributed by atoms with E-state index >= 15 is 0 Å². The van der Waals surface area contributed by atoms with Gasteiger partial charge in [0.15, 0.2) is 5.76 Å². The van der Waals surface area contributed by atoms with E-state index in [2.05, 4.69) is 20.6 Å². The van der Waals surface area contributed by atoms with Gasteiger partial charge in [0, 0.05) is 47.0 Å². The molecule has 1 amide bonds. The molecule has 2 aliphatic rings. The Balaban J connectivity index is 1.44. The lowest BCUT2D eigenvalue weighted by Crippen LogP contribution is -2.48. The van der Waals surface area contributed by atoms with Crippen LogP contribution in [0.15, 0.2) is 59.1 Å². The Morgan fingerprint density at radius 3 is 2.86 bits per heavy atom. The van der Waals surface area contributed by atoms with Gasteiger partial charge >= 0.3 is 0 Å². The zero-order valence-corrected chi connectivity index (χ0v) is 15.8. The van der Waals surface area contributed by atoms with Crippen LogP contribution < -0.4 is 10.6 Å². The SMILES string of the molecule is O=C1NCC2(CCNC2)c2[nH]c(-c3ccnc(-c4cc5ccccc5o4)c3)cc21. The number of carbonyl (C=O) groups is 1. The lowest BCUT2D eigenvalue weighted by Gasteiger charge is -2.32. The maximum absolute atomic E-state index is 12.5. The molecule has 1 spiro atoms. The summed E-state index contributed by atoms with van der Waals surface area (Å²) >= 11 is 0. The monoisotopic (exact) mass is 384 g/mol. The van der Waals surface area contributed by atoms with Gasteiger partial charge in [-0.2, -0.15) is 0 Å². The minimum atomic E-state index is -0.0455. The standard InChI is InChI=1S/C23H20N4O2/c28-22-16-11-17(27-21(16)23(13-26-22)6-8-24-12-23)14-5-7-25-18(9-14)20-10-15-3-1-2-4-19(15)29-20/h1-5,7,9-11,24,27H,6,8,12-13H2,(H,26,28). The summed E-state index contributed by atoms with van der Waals surface area (Å²) in [6.45, 7) is 2.52. The number of aromatic nitrogens is 2. The number of rotatable bonds is 2. The molecule has 5 heterocycles. The van der Waals surface area contributed by atoms with Crippen molar-refractivity contribution in [1.29, 1.82) is 0 Å². The molecule has 0 saturated carbocycles. The number of pyridine rings is 1. The van der Waals surface area contributed by atoms with Gasteiger partial charge in [0.25, 0.3) is 5.91 Å². The van der Waals surface area contributed by atoms with Gasteiger partial charge in [-0.15, -0.1) is 0 Å². The topological polar surface area (TPSA) is 83.0 Å². The first-order chi connectivity index (χ1) is 14.2. The third kappa shape index (κ3) is 2.53. The van der Waals surface area contributed by atoms with Crippen LogP contribution in [-0.4, -0.2) is 35.5 Å². The van der Waals surface area contributed by atoms with Crippen molar-refractivity contribution in [2.24, 2.45) is 0 Å². The Kier molecular flexibility index (Phi) is 3.46. The van der Waals surface area contributed by atoms with Gasteiger partial charge in [-0.25, -0.2) is 0 Å². The van der Waals surface area contributed by atoms with Gasteiger partial charge in [-0.05, 0) is 43.3 Å². The number of amides is 1. The van der Waals surface area contributed by atoms with E-state index in [0.29, 0.717) is 6.54 Å². The fourth-order valence-electron chi connectivity index (χ4n) is 4.59. The van der Waals surface area contributed by atoms with E-state index in [1.165, 1.54) is 0 Å². The highest BCUT2D eigenvalue weighted by Crippen LogP contribution is 2.37. The van der Waals surface area contributed by atoms with Crippen LogP contribution in [0.3, 0.4) is 0 Å². The molecule has 1 fully saturated rings. The van der Waals surface area contributed by atoms with Gasteiger partial charge in [0.1, 0.15) is 11.3 Å². The minimum Gasteiger partial charge on any atom is -0.454 e. The molecular weight excluding hydrogens is 364 g/mol. The van der Waals surface area contributed by atoms with Crippen LogP contribution in [0.2, 0.25) is 0 Å². The molecule has 2 aliphatic heterocycles. The maximum Gasteiger partial charge on any atom is 0.253 e. The van der Waals surface area contributed by atoms with E-state index in [4.69, 9.17) is 4.42 Å². The minimum absolute atomic E-state index is 0.00779. The molecule has 0 radical (unpaired) electrons. The number of nitrogens with zero attached hydrogens (tertiary/aromatic N) is 1. The van der Waals surface area contributed by atoms with Crippen molar-refractivity contribution in [1.82, 2.24) is 20.6 Å². The molecule has 1 atom stereocenters. The molecule has 144 valence electrons. The van der Waals surface area contributed by atoms with Crippen molar-refractivity contribution < 1.29 is 9.21 Å². The summed E-state index contributed by atoms with van der Waals surface area (Å²) in [5.74, 6) is 0.727. The predicted molar refractivity (Wildman–Crippen MR) is 111 cm³/mol. The van der Waals surface area contributed by atoms with Crippen molar-refractivity contribution in [3.8, 4) is 22.7 Å². The number of fused-ring (bicyclic) bond motifs is 3. The maximum atomic E-state index is 12.5. The van der Waals surface area contributed by atoms with Gasteiger partial charge in [0.05, 0.1) is 5.56 Å². The Morgan fingerprint density at radius 2 is 2.00 bits per heavy atom. The molecule has 1 aromatic carbocycles. The molecule has 4 aromatic rings. The summed E-state index contributed by atoms with van der Waals surface area (Å²) in [6, 6.07) is 15.9. The molecule has 6 heteroatoms. The van der Waals surface area contributed by atoms with Crippen molar-refractivity contribution in [3.05, 3.63) is 66.0 Å². The van der Waals surface area contributed by atoms with Crippen molar-refractivity contribution in [2.45, 2.75) is 11.8 Å². The van der Waals surface area contributed by atoms with Crippen molar-refractivity contribution >= 4 is 16.9 Å². The average Bonchev–Trinajstić information content (AvgIpc) is 3.49. The van der Waals surface area contributed by atoms with E-state index in [-0.39, 0.29) is 11.3 Å². The Bertz CT molecular complexity index is 1210. The quantitative estimate of drug-likeness (QED) is 0.494. The molecule has 6 nitrogen and oxygen atoms in total. The third-order valence-electron chi connectivity index (χ3n) is 6.17. The lowest BCUT2D eigenvalue weighted by atomic mass is 9.79. The molecular formula is C23H20N4O2. The first-order valence-corrected chi connectivity index (χ1v) is 9.90. The van der Waals surface area contributed by atoms with Gasteiger partial charge in [0.2, 0.25) is 0 Å². The number of H-pyrrole nitrogens is 1. The lowest BCUT2D eigenvalue weighted by molar-refractivity contribution is 0.0926. The first kappa shape index (κ1) is 16.6. The molecule has 1 saturated heterocycles. The summed E-state index contributed by atoms with van der Waals surface area (Å²) in [7, 11) is 0. The highest BCUT2D eigenvalue weighted by atomic mass is 16.3. The van der Waals surface area contributed by atoms with E-state index in [1.807, 2.05) is 48.5 Å². The summed E-state index contributed by atoms with van der Waals surface area (Å²) in [5.41, 5.74) is 5.28. The van der Waals surface area contributed by atoms with Gasteiger partial charge < -0.3 is 20.0 Å². The van der Waals surface area contributed by atoms with E-state index in [9.17, 15) is 4.79 Å². The number of hydrogen-bond donors (Lipinski definition) is 3. The predicted octanol–water partition coefficient (Wildman–Crippen LogP) is 3.46. The zero-order chi connectivity index (χ0) is 19.4. The van der Waals surface area contributed by atoms with Crippen molar-refractivity contribution in [3.63, 3.8) is 0 Å². The summed E-state index contributed by atoms with van der Waals surface area (Å²) in [6.07, 6.45) is 2.80. The van der Waals surface area contributed by atoms with Crippen LogP contribution >= 0.6 is 0 Å². The molecule has 1 unspecified atom stereocenters. The fourth-order valence-corrected chi connectivity index (χ4v) is 4.59.